The molecule has 1 atom stereocenters. The molecule has 0 aliphatic rings. The standard InChI is InChI=1S/C12H17F2NO/c1-3-9(2)15-8-10-6-4-5-7-11(10)16-12(13)14/h4-7,9,12,15H,3,8H2,1-2H3. The van der Waals surface area contributed by atoms with E-state index in [9.17, 15) is 8.78 Å². The summed E-state index contributed by atoms with van der Waals surface area (Å²) in [5, 5.41) is 3.24. The van der Waals surface area contributed by atoms with Gasteiger partial charge in [0.1, 0.15) is 5.75 Å². The number of alkyl halides is 2. The molecule has 0 heterocycles. The fourth-order valence-corrected chi connectivity index (χ4v) is 1.29. The number of rotatable bonds is 6. The van der Waals surface area contributed by atoms with Crippen LogP contribution in [-0.2, 0) is 6.54 Å². The van der Waals surface area contributed by atoms with Crippen LogP contribution < -0.4 is 10.1 Å². The van der Waals surface area contributed by atoms with Gasteiger partial charge < -0.3 is 10.1 Å². The number of hydrogen-bond acceptors (Lipinski definition) is 2. The van der Waals surface area contributed by atoms with Crippen LogP contribution in [0.2, 0.25) is 0 Å². The lowest BCUT2D eigenvalue weighted by atomic mass is 10.2. The Bertz CT molecular complexity index is 318. The zero-order valence-electron chi connectivity index (χ0n) is 9.54. The molecule has 0 bridgehead atoms. The lowest BCUT2D eigenvalue weighted by Gasteiger charge is -2.14. The van der Waals surface area contributed by atoms with Gasteiger partial charge in [0.2, 0.25) is 0 Å². The van der Waals surface area contributed by atoms with E-state index in [2.05, 4.69) is 23.9 Å². The second-order valence-corrected chi connectivity index (χ2v) is 3.68. The molecular weight excluding hydrogens is 212 g/mol. The van der Waals surface area contributed by atoms with Crippen LogP contribution in [0.1, 0.15) is 25.8 Å². The molecule has 90 valence electrons. The minimum absolute atomic E-state index is 0.244. The largest absolute Gasteiger partial charge is 0.434 e. The molecule has 0 radical (unpaired) electrons. The number of halogens is 2. The van der Waals surface area contributed by atoms with E-state index in [0.717, 1.165) is 12.0 Å². The molecule has 0 spiro atoms. The Kier molecular flexibility index (Phi) is 5.19. The fraction of sp³-hybridized carbons (Fsp3) is 0.500. The third kappa shape index (κ3) is 4.14. The molecule has 1 rings (SSSR count). The highest BCUT2D eigenvalue weighted by Crippen LogP contribution is 2.20. The van der Waals surface area contributed by atoms with Crippen molar-refractivity contribution in [3.05, 3.63) is 29.8 Å². The van der Waals surface area contributed by atoms with Gasteiger partial charge in [0.15, 0.2) is 0 Å². The summed E-state index contributed by atoms with van der Waals surface area (Å²) in [5.41, 5.74) is 0.753. The maximum atomic E-state index is 12.1. The molecule has 0 aliphatic carbocycles. The van der Waals surface area contributed by atoms with Gasteiger partial charge >= 0.3 is 6.61 Å². The molecule has 0 saturated carbocycles. The zero-order valence-corrected chi connectivity index (χ0v) is 9.54. The maximum Gasteiger partial charge on any atom is 0.387 e. The Morgan fingerprint density at radius 1 is 1.31 bits per heavy atom. The molecule has 4 heteroatoms. The van der Waals surface area contributed by atoms with Crippen LogP contribution in [0.4, 0.5) is 8.78 Å². The molecule has 0 aliphatic heterocycles. The third-order valence-corrected chi connectivity index (χ3v) is 2.44. The van der Waals surface area contributed by atoms with Gasteiger partial charge in [-0.2, -0.15) is 8.78 Å². The summed E-state index contributed by atoms with van der Waals surface area (Å²) in [6.45, 7) is 1.89. The number of hydrogen-bond donors (Lipinski definition) is 1. The molecule has 1 aromatic rings. The molecule has 0 saturated heterocycles. The van der Waals surface area contributed by atoms with E-state index in [1.807, 2.05) is 6.07 Å². The van der Waals surface area contributed by atoms with Crippen LogP contribution in [0.25, 0.3) is 0 Å². The predicted molar refractivity (Wildman–Crippen MR) is 59.7 cm³/mol. The molecule has 16 heavy (non-hydrogen) atoms. The van der Waals surface area contributed by atoms with Crippen molar-refractivity contribution in [1.29, 1.82) is 0 Å². The normalized spacial score (nSPS) is 12.8. The topological polar surface area (TPSA) is 21.3 Å². The third-order valence-electron chi connectivity index (χ3n) is 2.44. The SMILES string of the molecule is CCC(C)NCc1ccccc1OC(F)F. The van der Waals surface area contributed by atoms with Gasteiger partial charge in [0.25, 0.3) is 0 Å². The van der Waals surface area contributed by atoms with Crippen molar-refractivity contribution in [3.63, 3.8) is 0 Å². The van der Waals surface area contributed by atoms with Crippen molar-refractivity contribution in [3.8, 4) is 5.75 Å². The smallest absolute Gasteiger partial charge is 0.387 e. The van der Waals surface area contributed by atoms with Gasteiger partial charge in [-0.3, -0.25) is 0 Å². The number of nitrogens with one attached hydrogen (secondary N) is 1. The van der Waals surface area contributed by atoms with E-state index in [0.29, 0.717) is 12.6 Å². The minimum atomic E-state index is -2.77. The molecule has 0 aromatic heterocycles. The second-order valence-electron chi connectivity index (χ2n) is 3.68. The average molecular weight is 229 g/mol. The zero-order chi connectivity index (χ0) is 12.0. The van der Waals surface area contributed by atoms with Crippen LogP contribution >= 0.6 is 0 Å². The number of ether oxygens (including phenoxy) is 1. The minimum Gasteiger partial charge on any atom is -0.434 e. The lowest BCUT2D eigenvalue weighted by molar-refractivity contribution is -0.0505. The van der Waals surface area contributed by atoms with Gasteiger partial charge in [0.05, 0.1) is 0 Å². The van der Waals surface area contributed by atoms with E-state index >= 15 is 0 Å². The second kappa shape index (κ2) is 6.43. The first-order chi connectivity index (χ1) is 7.63. The summed E-state index contributed by atoms with van der Waals surface area (Å²) in [6.07, 6.45) is 0.998. The first-order valence-corrected chi connectivity index (χ1v) is 5.39. The van der Waals surface area contributed by atoms with Crippen LogP contribution in [0, 0.1) is 0 Å². The molecule has 0 fully saturated rings. The van der Waals surface area contributed by atoms with E-state index in [1.165, 1.54) is 0 Å². The highest BCUT2D eigenvalue weighted by molar-refractivity contribution is 5.33. The lowest BCUT2D eigenvalue weighted by Crippen LogP contribution is -2.24. The van der Waals surface area contributed by atoms with E-state index in [1.54, 1.807) is 18.2 Å². The van der Waals surface area contributed by atoms with Crippen LogP contribution in [-0.4, -0.2) is 12.7 Å². The van der Waals surface area contributed by atoms with Crippen molar-refractivity contribution in [2.45, 2.75) is 39.5 Å². The van der Waals surface area contributed by atoms with Crippen molar-refractivity contribution in [2.24, 2.45) is 0 Å². The summed E-state index contributed by atoms with van der Waals surface area (Å²) >= 11 is 0. The van der Waals surface area contributed by atoms with E-state index in [-0.39, 0.29) is 5.75 Å². The summed E-state index contributed by atoms with van der Waals surface area (Å²) in [7, 11) is 0. The monoisotopic (exact) mass is 229 g/mol. The van der Waals surface area contributed by atoms with Gasteiger partial charge in [-0.25, -0.2) is 0 Å². The van der Waals surface area contributed by atoms with Crippen molar-refractivity contribution >= 4 is 0 Å². The number of para-hydroxylation sites is 1. The first-order valence-electron chi connectivity index (χ1n) is 5.39. The Morgan fingerprint density at radius 2 is 2.00 bits per heavy atom. The molecule has 1 aromatic carbocycles. The molecular formula is C12H17F2NO. The van der Waals surface area contributed by atoms with Crippen molar-refractivity contribution in [1.82, 2.24) is 5.32 Å². The summed E-state index contributed by atoms with van der Waals surface area (Å²) in [6, 6.07) is 7.20. The van der Waals surface area contributed by atoms with Gasteiger partial charge in [-0.05, 0) is 19.4 Å². The van der Waals surface area contributed by atoms with Gasteiger partial charge in [-0.1, -0.05) is 25.1 Å². The van der Waals surface area contributed by atoms with Crippen LogP contribution in [0.15, 0.2) is 24.3 Å². The average Bonchev–Trinajstić information content (AvgIpc) is 2.26. The summed E-state index contributed by atoms with van der Waals surface area (Å²) in [5.74, 6) is 0.244. The van der Waals surface area contributed by atoms with Gasteiger partial charge in [0, 0.05) is 18.2 Å². The van der Waals surface area contributed by atoms with E-state index < -0.39 is 6.61 Å². The Labute approximate surface area is 94.6 Å². The van der Waals surface area contributed by atoms with Crippen molar-refractivity contribution < 1.29 is 13.5 Å². The van der Waals surface area contributed by atoms with E-state index in [4.69, 9.17) is 0 Å². The molecule has 0 amide bonds. The molecule has 2 nitrogen and oxygen atoms in total. The first kappa shape index (κ1) is 12.9. The summed E-state index contributed by atoms with van der Waals surface area (Å²) < 4.78 is 28.7. The van der Waals surface area contributed by atoms with Gasteiger partial charge in [-0.15, -0.1) is 0 Å². The van der Waals surface area contributed by atoms with Crippen LogP contribution in [0.5, 0.6) is 5.75 Å². The molecule has 1 N–H and O–H groups in total. The summed E-state index contributed by atoms with van der Waals surface area (Å²) in [4.78, 5) is 0. The maximum absolute atomic E-state index is 12.1. The highest BCUT2D eigenvalue weighted by atomic mass is 19.3. The highest BCUT2D eigenvalue weighted by Gasteiger charge is 2.09. The Morgan fingerprint density at radius 3 is 2.62 bits per heavy atom. The Balaban J connectivity index is 2.63. The predicted octanol–water partition coefficient (Wildman–Crippen LogP) is 3.18. The molecule has 1 unspecified atom stereocenters. The Hall–Kier alpha value is -1.16. The van der Waals surface area contributed by atoms with Crippen LogP contribution in [0.3, 0.4) is 0 Å². The quantitative estimate of drug-likeness (QED) is 0.809. The van der Waals surface area contributed by atoms with Crippen molar-refractivity contribution in [2.75, 3.05) is 0 Å². The fourth-order valence-electron chi connectivity index (χ4n) is 1.29. The number of benzene rings is 1.